The van der Waals surface area contributed by atoms with Gasteiger partial charge in [-0.2, -0.15) is 0 Å². The van der Waals surface area contributed by atoms with Crippen LogP contribution < -0.4 is 10.2 Å². The Morgan fingerprint density at radius 2 is 1.85 bits per heavy atom. The van der Waals surface area contributed by atoms with E-state index in [4.69, 9.17) is 4.98 Å². The smallest absolute Gasteiger partial charge is 0.135 e. The summed E-state index contributed by atoms with van der Waals surface area (Å²) in [4.78, 5) is 11.6. The van der Waals surface area contributed by atoms with Crippen LogP contribution in [0.1, 0.15) is 48.7 Å². The molecule has 1 fully saturated rings. The van der Waals surface area contributed by atoms with Crippen molar-refractivity contribution >= 4 is 5.82 Å². The summed E-state index contributed by atoms with van der Waals surface area (Å²) >= 11 is 0. The van der Waals surface area contributed by atoms with Crippen molar-refractivity contribution in [2.24, 2.45) is 0 Å². The van der Waals surface area contributed by atoms with Crippen LogP contribution in [0.15, 0.2) is 30.5 Å². The van der Waals surface area contributed by atoms with Crippen LogP contribution in [0.25, 0.3) is 0 Å². The maximum atomic E-state index is 4.73. The van der Waals surface area contributed by atoms with Gasteiger partial charge >= 0.3 is 0 Å². The highest BCUT2D eigenvalue weighted by Gasteiger charge is 2.25. The Morgan fingerprint density at radius 3 is 2.62 bits per heavy atom. The van der Waals surface area contributed by atoms with Crippen molar-refractivity contribution in [3.8, 4) is 0 Å². The molecule has 1 atom stereocenters. The molecule has 0 amide bonds. The summed E-state index contributed by atoms with van der Waals surface area (Å²) in [5.74, 6) is 2.03. The second kappa shape index (κ2) is 7.75. The van der Waals surface area contributed by atoms with Crippen LogP contribution in [0.3, 0.4) is 0 Å². The molecular formula is C22H30N4. The van der Waals surface area contributed by atoms with E-state index in [9.17, 15) is 0 Å². The van der Waals surface area contributed by atoms with Crippen molar-refractivity contribution in [3.05, 3.63) is 53.0 Å². The molecule has 4 rings (SSSR count). The Morgan fingerprint density at radius 1 is 1.08 bits per heavy atom. The molecule has 0 bridgehead atoms. The quantitative estimate of drug-likeness (QED) is 0.917. The van der Waals surface area contributed by atoms with E-state index in [1.165, 1.54) is 43.2 Å². The van der Waals surface area contributed by atoms with Crippen LogP contribution in [0.2, 0.25) is 0 Å². The van der Waals surface area contributed by atoms with Gasteiger partial charge in [0, 0.05) is 36.9 Å². The zero-order valence-electron chi connectivity index (χ0n) is 16.0. The van der Waals surface area contributed by atoms with E-state index >= 15 is 0 Å². The summed E-state index contributed by atoms with van der Waals surface area (Å²) in [6.45, 7) is 6.35. The van der Waals surface area contributed by atoms with Gasteiger partial charge < -0.3 is 10.2 Å². The van der Waals surface area contributed by atoms with Gasteiger partial charge in [-0.25, -0.2) is 9.97 Å². The Balaban J connectivity index is 1.34. The Hall–Kier alpha value is -1.94. The highest BCUT2D eigenvalue weighted by molar-refractivity contribution is 5.46. The third-order valence-electron chi connectivity index (χ3n) is 5.96. The zero-order valence-corrected chi connectivity index (χ0v) is 16.0. The monoisotopic (exact) mass is 350 g/mol. The SMILES string of the molecule is CCc1cnc(C)nc1N1CCC(N[C@@H]2CCc3ccccc3C2)CC1. The Labute approximate surface area is 157 Å². The predicted molar refractivity (Wildman–Crippen MR) is 107 cm³/mol. The molecule has 2 heterocycles. The van der Waals surface area contributed by atoms with E-state index in [1.54, 1.807) is 5.56 Å². The van der Waals surface area contributed by atoms with Gasteiger partial charge in [-0.05, 0) is 56.6 Å². The number of aromatic nitrogens is 2. The molecule has 4 nitrogen and oxygen atoms in total. The lowest BCUT2D eigenvalue weighted by molar-refractivity contribution is 0.344. The second-order valence-corrected chi connectivity index (χ2v) is 7.76. The van der Waals surface area contributed by atoms with Gasteiger partial charge in [0.1, 0.15) is 11.6 Å². The summed E-state index contributed by atoms with van der Waals surface area (Å²) in [7, 11) is 0. The lowest BCUT2D eigenvalue weighted by Crippen LogP contribution is -2.48. The number of rotatable bonds is 4. The van der Waals surface area contributed by atoms with Crippen LogP contribution in [-0.2, 0) is 19.3 Å². The van der Waals surface area contributed by atoms with Gasteiger partial charge in [-0.15, -0.1) is 0 Å². The summed E-state index contributed by atoms with van der Waals surface area (Å²) in [6.07, 6.45) is 9.06. The first-order valence-corrected chi connectivity index (χ1v) is 10.1. The molecule has 26 heavy (non-hydrogen) atoms. The van der Waals surface area contributed by atoms with Gasteiger partial charge in [0.2, 0.25) is 0 Å². The fourth-order valence-corrected chi connectivity index (χ4v) is 4.44. The molecule has 1 aliphatic carbocycles. The average molecular weight is 351 g/mol. The largest absolute Gasteiger partial charge is 0.356 e. The first-order chi connectivity index (χ1) is 12.7. The van der Waals surface area contributed by atoms with Crippen LogP contribution in [0, 0.1) is 6.92 Å². The highest BCUT2D eigenvalue weighted by Crippen LogP contribution is 2.25. The molecule has 138 valence electrons. The fraction of sp³-hybridized carbons (Fsp3) is 0.545. The minimum atomic E-state index is 0.633. The van der Waals surface area contributed by atoms with E-state index in [1.807, 2.05) is 13.1 Å². The maximum absolute atomic E-state index is 4.73. The molecule has 0 saturated carbocycles. The predicted octanol–water partition coefficient (Wildman–Crippen LogP) is 3.46. The van der Waals surface area contributed by atoms with Gasteiger partial charge in [0.25, 0.3) is 0 Å². The zero-order chi connectivity index (χ0) is 17.9. The molecule has 2 aliphatic rings. The van der Waals surface area contributed by atoms with Crippen LogP contribution in [0.4, 0.5) is 5.82 Å². The van der Waals surface area contributed by atoms with E-state index < -0.39 is 0 Å². The van der Waals surface area contributed by atoms with E-state index in [-0.39, 0.29) is 0 Å². The first-order valence-electron chi connectivity index (χ1n) is 10.1. The van der Waals surface area contributed by atoms with Crippen LogP contribution >= 0.6 is 0 Å². The number of anilines is 1. The number of aryl methyl sites for hydroxylation is 3. The lowest BCUT2D eigenvalue weighted by atomic mass is 9.87. The number of hydrogen-bond acceptors (Lipinski definition) is 4. The first kappa shape index (κ1) is 17.5. The van der Waals surface area contributed by atoms with Gasteiger partial charge in [-0.3, -0.25) is 0 Å². The van der Waals surface area contributed by atoms with Crippen molar-refractivity contribution in [1.82, 2.24) is 15.3 Å². The number of piperidine rings is 1. The van der Waals surface area contributed by atoms with E-state index in [0.29, 0.717) is 12.1 Å². The number of nitrogens with zero attached hydrogens (tertiary/aromatic N) is 3. The van der Waals surface area contributed by atoms with Crippen molar-refractivity contribution in [3.63, 3.8) is 0 Å². The Kier molecular flexibility index (Phi) is 5.21. The summed E-state index contributed by atoms with van der Waals surface area (Å²) in [6, 6.07) is 10.2. The molecule has 0 radical (unpaired) electrons. The third-order valence-corrected chi connectivity index (χ3v) is 5.96. The van der Waals surface area contributed by atoms with Crippen LogP contribution in [-0.4, -0.2) is 35.1 Å². The summed E-state index contributed by atoms with van der Waals surface area (Å²) in [5.41, 5.74) is 4.36. The second-order valence-electron chi connectivity index (χ2n) is 7.76. The van der Waals surface area contributed by atoms with Crippen LogP contribution in [0.5, 0.6) is 0 Å². The molecule has 4 heteroatoms. The number of fused-ring (bicyclic) bond motifs is 1. The average Bonchev–Trinajstić information content (AvgIpc) is 2.68. The van der Waals surface area contributed by atoms with Gasteiger partial charge in [0.05, 0.1) is 0 Å². The molecule has 1 aliphatic heterocycles. The molecule has 2 aromatic rings. The number of hydrogen-bond donors (Lipinski definition) is 1. The van der Waals surface area contributed by atoms with Crippen molar-refractivity contribution < 1.29 is 0 Å². The van der Waals surface area contributed by atoms with Gasteiger partial charge in [-0.1, -0.05) is 31.2 Å². The van der Waals surface area contributed by atoms with E-state index in [2.05, 4.69) is 46.4 Å². The van der Waals surface area contributed by atoms with Gasteiger partial charge in [0.15, 0.2) is 0 Å². The van der Waals surface area contributed by atoms with Crippen molar-refractivity contribution in [2.45, 2.75) is 64.5 Å². The molecule has 1 N–H and O–H groups in total. The van der Waals surface area contributed by atoms with E-state index in [0.717, 1.165) is 31.2 Å². The normalized spacial score (nSPS) is 20.8. The van der Waals surface area contributed by atoms with Crippen molar-refractivity contribution in [1.29, 1.82) is 0 Å². The summed E-state index contributed by atoms with van der Waals surface area (Å²) in [5, 5.41) is 3.95. The molecule has 0 spiro atoms. The molecule has 1 aromatic carbocycles. The number of benzene rings is 1. The molecule has 0 unspecified atom stereocenters. The maximum Gasteiger partial charge on any atom is 0.135 e. The highest BCUT2D eigenvalue weighted by atomic mass is 15.2. The minimum Gasteiger partial charge on any atom is -0.356 e. The number of nitrogens with one attached hydrogen (secondary N) is 1. The topological polar surface area (TPSA) is 41.1 Å². The molecule has 1 saturated heterocycles. The molecule has 1 aromatic heterocycles. The lowest BCUT2D eigenvalue weighted by Gasteiger charge is -2.37. The van der Waals surface area contributed by atoms with Crippen molar-refractivity contribution in [2.75, 3.05) is 18.0 Å². The standard InChI is InChI=1S/C22H30N4/c1-3-17-15-23-16(2)24-22(17)26-12-10-20(11-13-26)25-21-9-8-18-6-4-5-7-19(18)14-21/h4-7,15,20-21,25H,3,8-14H2,1-2H3/t21-/m1/s1. The minimum absolute atomic E-state index is 0.633. The Bertz CT molecular complexity index is 750. The fourth-order valence-electron chi connectivity index (χ4n) is 4.44. The third kappa shape index (κ3) is 3.75. The summed E-state index contributed by atoms with van der Waals surface area (Å²) < 4.78 is 0. The molecular weight excluding hydrogens is 320 g/mol.